The highest BCUT2D eigenvalue weighted by atomic mass is 16.5. The molecular formula is C19H25N7O4. The number of aromatic nitrogens is 4. The summed E-state index contributed by atoms with van der Waals surface area (Å²) in [6, 6.07) is 0.172. The first kappa shape index (κ1) is 20.2. The first-order valence-electron chi connectivity index (χ1n) is 10.0. The van der Waals surface area contributed by atoms with E-state index in [0.29, 0.717) is 41.8 Å². The van der Waals surface area contributed by atoms with Crippen molar-refractivity contribution in [3.8, 4) is 0 Å². The zero-order valence-electron chi connectivity index (χ0n) is 16.7. The van der Waals surface area contributed by atoms with Crippen molar-refractivity contribution in [1.29, 1.82) is 0 Å². The molecule has 1 saturated carbocycles. The van der Waals surface area contributed by atoms with Gasteiger partial charge < -0.3 is 20.5 Å². The normalized spacial score (nSPS) is 23.2. The number of aliphatic hydroxyl groups is 1. The zero-order chi connectivity index (χ0) is 21.1. The van der Waals surface area contributed by atoms with Crippen molar-refractivity contribution in [3.63, 3.8) is 0 Å². The molecule has 11 heteroatoms. The van der Waals surface area contributed by atoms with Crippen LogP contribution in [0.1, 0.15) is 37.7 Å². The lowest BCUT2D eigenvalue weighted by molar-refractivity contribution is -0.124. The van der Waals surface area contributed by atoms with Gasteiger partial charge in [-0.25, -0.2) is 0 Å². The van der Waals surface area contributed by atoms with Gasteiger partial charge >= 0.3 is 0 Å². The Morgan fingerprint density at radius 3 is 2.80 bits per heavy atom. The average Bonchev–Trinajstić information content (AvgIpc) is 3.26. The number of anilines is 2. The van der Waals surface area contributed by atoms with Gasteiger partial charge in [0.05, 0.1) is 25.3 Å². The number of rotatable bonds is 7. The first-order valence-corrected chi connectivity index (χ1v) is 10.0. The number of ether oxygens (including phenoxy) is 1. The number of carbonyl (C=O) groups is 2. The maximum Gasteiger partial charge on any atom is 0.254 e. The molecular weight excluding hydrogens is 390 g/mol. The molecule has 4 rings (SSSR count). The molecule has 0 spiro atoms. The van der Waals surface area contributed by atoms with Crippen LogP contribution in [0.15, 0.2) is 11.8 Å². The quantitative estimate of drug-likeness (QED) is 0.286. The molecule has 0 aromatic carbocycles. The third kappa shape index (κ3) is 4.41. The van der Waals surface area contributed by atoms with E-state index in [-0.39, 0.29) is 24.5 Å². The van der Waals surface area contributed by atoms with Crippen LogP contribution in [0.5, 0.6) is 0 Å². The van der Waals surface area contributed by atoms with E-state index < -0.39 is 5.91 Å². The van der Waals surface area contributed by atoms with E-state index in [9.17, 15) is 14.7 Å². The molecule has 2 fully saturated rings. The number of imide groups is 1. The molecule has 30 heavy (non-hydrogen) atoms. The number of hydrogen-bond acceptors (Lipinski definition) is 9. The molecule has 2 aromatic rings. The largest absolute Gasteiger partial charge is 0.393 e. The van der Waals surface area contributed by atoms with Crippen LogP contribution < -0.4 is 16.0 Å². The summed E-state index contributed by atoms with van der Waals surface area (Å²) in [6.45, 7) is 1.03. The van der Waals surface area contributed by atoms with Crippen molar-refractivity contribution in [2.24, 2.45) is 0 Å². The van der Waals surface area contributed by atoms with Gasteiger partial charge in [-0.05, 0) is 31.8 Å². The second-order valence-electron chi connectivity index (χ2n) is 7.50. The van der Waals surface area contributed by atoms with Crippen molar-refractivity contribution >= 4 is 35.4 Å². The predicted molar refractivity (Wildman–Crippen MR) is 109 cm³/mol. The van der Waals surface area contributed by atoms with Gasteiger partial charge in [-0.15, -0.1) is 0 Å². The lowest BCUT2D eigenvalue weighted by Gasteiger charge is -2.26. The molecule has 11 nitrogen and oxygen atoms in total. The molecule has 1 aliphatic heterocycles. The van der Waals surface area contributed by atoms with Crippen LogP contribution in [0.25, 0.3) is 11.7 Å². The van der Waals surface area contributed by atoms with Crippen molar-refractivity contribution < 1.29 is 19.4 Å². The smallest absolute Gasteiger partial charge is 0.254 e. The second kappa shape index (κ2) is 8.76. The predicted octanol–water partition coefficient (Wildman–Crippen LogP) is 0.328. The van der Waals surface area contributed by atoms with Gasteiger partial charge in [-0.2, -0.15) is 19.6 Å². The molecule has 4 N–H and O–H groups in total. The van der Waals surface area contributed by atoms with E-state index in [0.717, 1.165) is 25.7 Å². The fourth-order valence-electron chi connectivity index (χ4n) is 3.65. The minimum absolute atomic E-state index is 0.0374. The van der Waals surface area contributed by atoms with Crippen molar-refractivity contribution in [2.45, 2.75) is 44.2 Å². The minimum atomic E-state index is -0.397. The Morgan fingerprint density at radius 1 is 1.30 bits per heavy atom. The van der Waals surface area contributed by atoms with Crippen LogP contribution in [0, 0.1) is 0 Å². The number of nitrogens with zero attached hydrogens (tertiary/aromatic N) is 4. The summed E-state index contributed by atoms with van der Waals surface area (Å²) in [6.07, 6.45) is 6.17. The number of hydrogen-bond donors (Lipinski definition) is 4. The molecule has 0 bridgehead atoms. The van der Waals surface area contributed by atoms with Gasteiger partial charge in [0, 0.05) is 30.8 Å². The molecule has 2 aromatic heterocycles. The standard InChI is InChI=1S/C19H25N7O4/c1-30-7-6-20-19-25-18(22-13-2-4-14(27)5-3-13)24-16-12(10-21-26(16)19)8-11-9-15(28)23-17(11)29/h8,10,13-14,27H,2-7,9H2,1H3,(H,23,28,29)(H2,20,22,24,25)/b11-8+. The SMILES string of the molecule is COCCNc1nc(NC2CCC(O)CC2)nc2c(/C=C3\CC(=O)NC3=O)cnn12. The van der Waals surface area contributed by atoms with E-state index in [4.69, 9.17) is 4.74 Å². The molecule has 2 aliphatic rings. The maximum absolute atomic E-state index is 11.9. The van der Waals surface area contributed by atoms with Crippen molar-refractivity contribution in [2.75, 3.05) is 30.9 Å². The van der Waals surface area contributed by atoms with E-state index in [1.807, 2.05) is 0 Å². The summed E-state index contributed by atoms with van der Waals surface area (Å²) in [5.41, 5.74) is 1.51. The Bertz CT molecular complexity index is 979. The van der Waals surface area contributed by atoms with E-state index in [1.165, 1.54) is 0 Å². The van der Waals surface area contributed by atoms with Crippen LogP contribution in [0.2, 0.25) is 0 Å². The molecule has 1 aliphatic carbocycles. The van der Waals surface area contributed by atoms with Gasteiger partial charge in [0.25, 0.3) is 5.91 Å². The summed E-state index contributed by atoms with van der Waals surface area (Å²) in [5, 5.41) is 22.9. The second-order valence-corrected chi connectivity index (χ2v) is 7.50. The fourth-order valence-corrected chi connectivity index (χ4v) is 3.65. The number of methoxy groups -OCH3 is 1. The number of aliphatic hydroxyl groups excluding tert-OH is 1. The van der Waals surface area contributed by atoms with Gasteiger partial charge in [0.1, 0.15) is 0 Å². The van der Waals surface area contributed by atoms with Gasteiger partial charge in [0.15, 0.2) is 5.65 Å². The Balaban J connectivity index is 1.66. The number of fused-ring (bicyclic) bond motifs is 1. The lowest BCUT2D eigenvalue weighted by atomic mass is 9.93. The Morgan fingerprint density at radius 2 is 2.10 bits per heavy atom. The Labute approximate surface area is 172 Å². The summed E-state index contributed by atoms with van der Waals surface area (Å²) in [4.78, 5) is 32.6. The first-order chi connectivity index (χ1) is 14.5. The minimum Gasteiger partial charge on any atom is -0.393 e. The maximum atomic E-state index is 11.9. The molecule has 0 radical (unpaired) electrons. The summed E-state index contributed by atoms with van der Waals surface area (Å²) < 4.78 is 6.65. The highest BCUT2D eigenvalue weighted by molar-refractivity contribution is 6.15. The van der Waals surface area contributed by atoms with E-state index in [2.05, 4.69) is 31.0 Å². The van der Waals surface area contributed by atoms with Crippen LogP contribution in [0.4, 0.5) is 11.9 Å². The monoisotopic (exact) mass is 415 g/mol. The topological polar surface area (TPSA) is 143 Å². The highest BCUT2D eigenvalue weighted by Gasteiger charge is 2.25. The zero-order valence-corrected chi connectivity index (χ0v) is 16.7. The molecule has 0 atom stereocenters. The van der Waals surface area contributed by atoms with Crippen LogP contribution in [-0.4, -0.2) is 68.9 Å². The number of carbonyl (C=O) groups excluding carboxylic acids is 2. The van der Waals surface area contributed by atoms with Crippen LogP contribution in [0.3, 0.4) is 0 Å². The molecule has 2 amide bonds. The summed E-state index contributed by atoms with van der Waals surface area (Å²) >= 11 is 0. The molecule has 160 valence electrons. The third-order valence-electron chi connectivity index (χ3n) is 5.24. The highest BCUT2D eigenvalue weighted by Crippen LogP contribution is 2.24. The molecule has 1 saturated heterocycles. The van der Waals surface area contributed by atoms with Gasteiger partial charge in [0.2, 0.25) is 17.8 Å². The molecule has 0 unspecified atom stereocenters. The van der Waals surface area contributed by atoms with Crippen molar-refractivity contribution in [1.82, 2.24) is 24.9 Å². The summed E-state index contributed by atoms with van der Waals surface area (Å²) in [5.74, 6) is 0.218. The number of nitrogens with one attached hydrogen (secondary N) is 3. The Kier molecular flexibility index (Phi) is 5.91. The average molecular weight is 415 g/mol. The fraction of sp³-hybridized carbons (Fsp3) is 0.526. The lowest BCUT2D eigenvalue weighted by Crippen LogP contribution is -2.29. The van der Waals surface area contributed by atoms with E-state index >= 15 is 0 Å². The van der Waals surface area contributed by atoms with Crippen LogP contribution in [-0.2, 0) is 14.3 Å². The van der Waals surface area contributed by atoms with Crippen LogP contribution >= 0.6 is 0 Å². The van der Waals surface area contributed by atoms with Gasteiger partial charge in [-0.1, -0.05) is 0 Å². The van der Waals surface area contributed by atoms with Crippen molar-refractivity contribution in [3.05, 3.63) is 17.3 Å². The summed E-state index contributed by atoms with van der Waals surface area (Å²) in [7, 11) is 1.62. The van der Waals surface area contributed by atoms with Gasteiger partial charge in [-0.3, -0.25) is 14.9 Å². The Hall–Kier alpha value is -3.05. The number of amides is 2. The third-order valence-corrected chi connectivity index (χ3v) is 5.24. The molecule has 3 heterocycles. The van der Waals surface area contributed by atoms with E-state index in [1.54, 1.807) is 23.9 Å².